The molecule has 1 aromatic carbocycles. The molecule has 5 nitrogen and oxygen atoms in total. The van der Waals surface area contributed by atoms with Crippen molar-refractivity contribution in [1.29, 1.82) is 0 Å². The number of benzene rings is 1. The molecule has 2 N–H and O–H groups in total. The first kappa shape index (κ1) is 16.8. The summed E-state index contributed by atoms with van der Waals surface area (Å²) < 4.78 is 5.08. The van der Waals surface area contributed by atoms with Crippen molar-refractivity contribution in [1.82, 2.24) is 4.98 Å². The molecule has 0 aliphatic heterocycles. The summed E-state index contributed by atoms with van der Waals surface area (Å²) in [5, 5.41) is 6.17. The number of carbonyl (C=O) groups excluding carboxylic acids is 1. The minimum atomic E-state index is -0.294. The summed E-state index contributed by atoms with van der Waals surface area (Å²) in [7, 11) is 0. The predicted molar refractivity (Wildman–Crippen MR) is 99.4 cm³/mol. The molecule has 128 valence electrons. The van der Waals surface area contributed by atoms with E-state index >= 15 is 0 Å². The van der Waals surface area contributed by atoms with Gasteiger partial charge in [-0.25, -0.2) is 4.98 Å². The van der Waals surface area contributed by atoms with Gasteiger partial charge in [-0.2, -0.15) is 0 Å². The SMILES string of the molecule is CCc1cccc(CC)c1Nc1ccc(NC(=O)c2ccco2)cn1. The summed E-state index contributed by atoms with van der Waals surface area (Å²) in [5.74, 6) is 0.718. The lowest BCUT2D eigenvalue weighted by Gasteiger charge is -2.15. The van der Waals surface area contributed by atoms with Gasteiger partial charge in [-0.1, -0.05) is 32.0 Å². The van der Waals surface area contributed by atoms with Crippen LogP contribution in [0.4, 0.5) is 17.2 Å². The van der Waals surface area contributed by atoms with Crippen molar-refractivity contribution in [2.75, 3.05) is 10.6 Å². The van der Waals surface area contributed by atoms with Gasteiger partial charge in [0.05, 0.1) is 18.1 Å². The normalized spacial score (nSPS) is 10.5. The number of nitrogens with zero attached hydrogens (tertiary/aromatic N) is 1. The third kappa shape index (κ3) is 3.88. The zero-order chi connectivity index (χ0) is 17.6. The van der Waals surface area contributed by atoms with Crippen LogP contribution in [0.1, 0.15) is 35.5 Å². The van der Waals surface area contributed by atoms with Crippen LogP contribution in [-0.4, -0.2) is 10.9 Å². The molecule has 0 spiro atoms. The number of furan rings is 1. The second-order valence-corrected chi connectivity index (χ2v) is 5.65. The van der Waals surface area contributed by atoms with E-state index < -0.39 is 0 Å². The molecule has 0 saturated carbocycles. The molecule has 2 aromatic heterocycles. The number of aryl methyl sites for hydroxylation is 2. The lowest BCUT2D eigenvalue weighted by molar-refractivity contribution is 0.0996. The maximum atomic E-state index is 12.0. The summed E-state index contributed by atoms with van der Waals surface area (Å²) in [6.07, 6.45) is 5.00. The van der Waals surface area contributed by atoms with Crippen molar-refractivity contribution in [2.45, 2.75) is 26.7 Å². The number of hydrogen-bond donors (Lipinski definition) is 2. The van der Waals surface area contributed by atoms with E-state index in [0.29, 0.717) is 5.69 Å². The Morgan fingerprint density at radius 1 is 1.04 bits per heavy atom. The monoisotopic (exact) mass is 335 g/mol. The van der Waals surface area contributed by atoms with Crippen LogP contribution in [0, 0.1) is 0 Å². The Hall–Kier alpha value is -3.08. The van der Waals surface area contributed by atoms with Gasteiger partial charge in [0.1, 0.15) is 5.82 Å². The Morgan fingerprint density at radius 2 is 1.80 bits per heavy atom. The number of carbonyl (C=O) groups is 1. The molecule has 0 bridgehead atoms. The minimum absolute atomic E-state index is 0.270. The molecule has 2 heterocycles. The highest BCUT2D eigenvalue weighted by Gasteiger charge is 2.10. The quantitative estimate of drug-likeness (QED) is 0.679. The van der Waals surface area contributed by atoms with Crippen molar-refractivity contribution >= 4 is 23.1 Å². The first-order chi connectivity index (χ1) is 12.2. The molecule has 0 radical (unpaired) electrons. The summed E-state index contributed by atoms with van der Waals surface area (Å²) in [5.41, 5.74) is 4.26. The van der Waals surface area contributed by atoms with Crippen molar-refractivity contribution in [3.05, 3.63) is 71.8 Å². The highest BCUT2D eigenvalue weighted by atomic mass is 16.3. The van der Waals surface area contributed by atoms with Gasteiger partial charge in [0.25, 0.3) is 5.91 Å². The molecule has 1 amide bonds. The Morgan fingerprint density at radius 3 is 2.36 bits per heavy atom. The molecule has 0 unspecified atom stereocenters. The summed E-state index contributed by atoms with van der Waals surface area (Å²) in [6.45, 7) is 4.28. The van der Waals surface area contributed by atoms with Gasteiger partial charge in [0.2, 0.25) is 0 Å². The molecule has 3 aromatic rings. The zero-order valence-electron chi connectivity index (χ0n) is 14.4. The average Bonchev–Trinajstić information content (AvgIpc) is 3.18. The summed E-state index contributed by atoms with van der Waals surface area (Å²) in [6, 6.07) is 13.3. The van der Waals surface area contributed by atoms with Crippen LogP contribution < -0.4 is 10.6 Å². The van der Waals surface area contributed by atoms with Crippen LogP contribution in [0.15, 0.2) is 59.3 Å². The summed E-state index contributed by atoms with van der Waals surface area (Å²) >= 11 is 0. The smallest absolute Gasteiger partial charge is 0.291 e. The Kier molecular flexibility index (Phi) is 5.14. The number of nitrogens with one attached hydrogen (secondary N) is 2. The van der Waals surface area contributed by atoms with Gasteiger partial charge >= 0.3 is 0 Å². The average molecular weight is 335 g/mol. The fourth-order valence-corrected chi connectivity index (χ4v) is 2.67. The Bertz CT molecular complexity index is 818. The van der Waals surface area contributed by atoms with E-state index in [1.165, 1.54) is 17.4 Å². The number of anilines is 3. The number of para-hydroxylation sites is 1. The molecule has 0 atom stereocenters. The lowest BCUT2D eigenvalue weighted by Crippen LogP contribution is -2.11. The Labute approximate surface area is 147 Å². The van der Waals surface area contributed by atoms with Crippen molar-refractivity contribution in [2.24, 2.45) is 0 Å². The Balaban J connectivity index is 1.74. The highest BCUT2D eigenvalue weighted by Crippen LogP contribution is 2.26. The number of amides is 1. The van der Waals surface area contributed by atoms with Gasteiger partial charge in [0.15, 0.2) is 5.76 Å². The second-order valence-electron chi connectivity index (χ2n) is 5.65. The van der Waals surface area contributed by atoms with E-state index in [4.69, 9.17) is 4.42 Å². The van der Waals surface area contributed by atoms with Crippen LogP contribution in [0.3, 0.4) is 0 Å². The van der Waals surface area contributed by atoms with E-state index in [0.717, 1.165) is 24.3 Å². The number of hydrogen-bond acceptors (Lipinski definition) is 4. The molecule has 0 aliphatic carbocycles. The van der Waals surface area contributed by atoms with Crippen LogP contribution in [0.2, 0.25) is 0 Å². The van der Waals surface area contributed by atoms with Crippen LogP contribution in [0.25, 0.3) is 0 Å². The van der Waals surface area contributed by atoms with Crippen LogP contribution in [-0.2, 0) is 12.8 Å². The molecular formula is C20H21N3O2. The first-order valence-corrected chi connectivity index (χ1v) is 8.40. The molecule has 0 aliphatic rings. The molecule has 3 rings (SSSR count). The van der Waals surface area contributed by atoms with E-state index in [9.17, 15) is 4.79 Å². The summed E-state index contributed by atoms with van der Waals surface area (Å²) in [4.78, 5) is 16.4. The van der Waals surface area contributed by atoms with Gasteiger partial charge < -0.3 is 15.1 Å². The van der Waals surface area contributed by atoms with Gasteiger partial charge in [-0.3, -0.25) is 4.79 Å². The topological polar surface area (TPSA) is 67.2 Å². The first-order valence-electron chi connectivity index (χ1n) is 8.40. The van der Waals surface area contributed by atoms with Crippen LogP contribution >= 0.6 is 0 Å². The van der Waals surface area contributed by atoms with E-state index in [2.05, 4.69) is 47.7 Å². The largest absolute Gasteiger partial charge is 0.459 e. The molecule has 5 heteroatoms. The molecule has 25 heavy (non-hydrogen) atoms. The lowest BCUT2D eigenvalue weighted by atomic mass is 10.0. The predicted octanol–water partition coefficient (Wildman–Crippen LogP) is 4.80. The maximum Gasteiger partial charge on any atom is 0.291 e. The zero-order valence-corrected chi connectivity index (χ0v) is 14.4. The second kappa shape index (κ2) is 7.66. The van der Waals surface area contributed by atoms with Gasteiger partial charge in [-0.05, 0) is 48.2 Å². The fourth-order valence-electron chi connectivity index (χ4n) is 2.67. The van der Waals surface area contributed by atoms with E-state index in [1.807, 2.05) is 12.1 Å². The van der Waals surface area contributed by atoms with Crippen molar-refractivity contribution in [3.63, 3.8) is 0 Å². The maximum absolute atomic E-state index is 12.0. The third-order valence-corrected chi connectivity index (χ3v) is 4.02. The molecule has 0 saturated heterocycles. The molecule has 0 fully saturated rings. The van der Waals surface area contributed by atoms with E-state index in [1.54, 1.807) is 18.3 Å². The number of rotatable bonds is 6. The fraction of sp³-hybridized carbons (Fsp3) is 0.200. The minimum Gasteiger partial charge on any atom is -0.459 e. The van der Waals surface area contributed by atoms with Crippen molar-refractivity contribution in [3.8, 4) is 0 Å². The highest BCUT2D eigenvalue weighted by molar-refractivity contribution is 6.02. The number of pyridine rings is 1. The van der Waals surface area contributed by atoms with Gasteiger partial charge in [-0.15, -0.1) is 0 Å². The standard InChI is InChI=1S/C20H21N3O2/c1-3-14-7-5-8-15(4-2)19(14)23-18-11-10-16(13-21-18)22-20(24)17-9-6-12-25-17/h5-13H,3-4H2,1-2H3,(H,21,23)(H,22,24). The van der Waals surface area contributed by atoms with Crippen LogP contribution in [0.5, 0.6) is 0 Å². The van der Waals surface area contributed by atoms with Gasteiger partial charge in [0, 0.05) is 5.69 Å². The molecular weight excluding hydrogens is 314 g/mol. The van der Waals surface area contributed by atoms with Crippen molar-refractivity contribution < 1.29 is 9.21 Å². The third-order valence-electron chi connectivity index (χ3n) is 4.02. The number of aromatic nitrogens is 1. The van der Waals surface area contributed by atoms with E-state index in [-0.39, 0.29) is 11.7 Å².